The van der Waals surface area contributed by atoms with E-state index in [2.05, 4.69) is 5.32 Å². The van der Waals surface area contributed by atoms with Crippen LogP contribution in [0.15, 0.2) is 42.5 Å². The van der Waals surface area contributed by atoms with E-state index in [4.69, 9.17) is 14.2 Å². The number of rotatable bonds is 8. The molecule has 0 aliphatic heterocycles. The molecule has 2 unspecified atom stereocenters. The van der Waals surface area contributed by atoms with Crippen molar-refractivity contribution < 1.29 is 19.0 Å². The van der Waals surface area contributed by atoms with Gasteiger partial charge in [-0.3, -0.25) is 4.79 Å². The van der Waals surface area contributed by atoms with Gasteiger partial charge in [-0.05, 0) is 49.6 Å². The third-order valence-electron chi connectivity index (χ3n) is 4.30. The predicted molar refractivity (Wildman–Crippen MR) is 102 cm³/mol. The molecule has 0 aliphatic carbocycles. The largest absolute Gasteiger partial charge is 0.493 e. The Morgan fingerprint density at radius 1 is 1.04 bits per heavy atom. The number of carbonyl (C=O) groups excluding carboxylic acids is 1. The van der Waals surface area contributed by atoms with Gasteiger partial charge in [-0.25, -0.2) is 0 Å². The van der Waals surface area contributed by atoms with Crippen molar-refractivity contribution in [3.8, 4) is 17.2 Å². The zero-order valence-corrected chi connectivity index (χ0v) is 16.0. The van der Waals surface area contributed by atoms with Crippen molar-refractivity contribution in [2.75, 3.05) is 14.2 Å². The Labute approximate surface area is 155 Å². The Morgan fingerprint density at radius 3 is 2.35 bits per heavy atom. The molecule has 5 heteroatoms. The minimum atomic E-state index is -0.592. The Bertz CT molecular complexity index is 745. The van der Waals surface area contributed by atoms with Gasteiger partial charge in [0.05, 0.1) is 20.3 Å². The highest BCUT2D eigenvalue weighted by Gasteiger charge is 2.20. The van der Waals surface area contributed by atoms with Crippen LogP contribution < -0.4 is 19.5 Å². The lowest BCUT2D eigenvalue weighted by Crippen LogP contribution is -2.38. The Balaban J connectivity index is 2.09. The first-order valence-corrected chi connectivity index (χ1v) is 8.74. The fraction of sp³-hybridized carbons (Fsp3) is 0.381. The number of hydrogen-bond acceptors (Lipinski definition) is 4. The topological polar surface area (TPSA) is 56.8 Å². The van der Waals surface area contributed by atoms with Gasteiger partial charge in [0.25, 0.3) is 5.91 Å². The van der Waals surface area contributed by atoms with Crippen LogP contribution in [0.25, 0.3) is 0 Å². The minimum absolute atomic E-state index is 0.134. The highest BCUT2D eigenvalue weighted by molar-refractivity contribution is 5.81. The summed E-state index contributed by atoms with van der Waals surface area (Å²) in [5.41, 5.74) is 1.96. The third-order valence-corrected chi connectivity index (χ3v) is 4.30. The highest BCUT2D eigenvalue weighted by atomic mass is 16.5. The van der Waals surface area contributed by atoms with Crippen molar-refractivity contribution in [1.82, 2.24) is 5.32 Å². The molecule has 2 aromatic rings. The molecule has 1 N–H and O–H groups in total. The zero-order chi connectivity index (χ0) is 19.1. The number of ether oxygens (including phenoxy) is 3. The van der Waals surface area contributed by atoms with E-state index in [1.165, 1.54) is 0 Å². The number of carbonyl (C=O) groups is 1. The summed E-state index contributed by atoms with van der Waals surface area (Å²) < 4.78 is 16.4. The monoisotopic (exact) mass is 357 g/mol. The van der Waals surface area contributed by atoms with E-state index >= 15 is 0 Å². The van der Waals surface area contributed by atoms with Crippen molar-refractivity contribution in [3.63, 3.8) is 0 Å². The minimum Gasteiger partial charge on any atom is -0.493 e. The van der Waals surface area contributed by atoms with E-state index in [9.17, 15) is 4.79 Å². The van der Waals surface area contributed by atoms with E-state index in [-0.39, 0.29) is 11.9 Å². The summed E-state index contributed by atoms with van der Waals surface area (Å²) >= 11 is 0. The number of methoxy groups -OCH3 is 2. The average Bonchev–Trinajstić information content (AvgIpc) is 2.67. The molecule has 0 aliphatic rings. The second-order valence-corrected chi connectivity index (χ2v) is 6.11. The number of hydrogen-bond donors (Lipinski definition) is 1. The van der Waals surface area contributed by atoms with Crippen LogP contribution in [0, 0.1) is 6.92 Å². The van der Waals surface area contributed by atoms with Gasteiger partial charge in [-0.2, -0.15) is 0 Å². The van der Waals surface area contributed by atoms with E-state index in [1.54, 1.807) is 21.1 Å². The van der Waals surface area contributed by atoms with Crippen LogP contribution in [-0.2, 0) is 4.79 Å². The summed E-state index contributed by atoms with van der Waals surface area (Å²) in [5.74, 6) is 1.86. The second-order valence-electron chi connectivity index (χ2n) is 6.11. The van der Waals surface area contributed by atoms with E-state index < -0.39 is 6.10 Å². The first-order valence-electron chi connectivity index (χ1n) is 8.74. The summed E-state index contributed by atoms with van der Waals surface area (Å²) in [7, 11) is 3.19. The van der Waals surface area contributed by atoms with Crippen LogP contribution in [-0.4, -0.2) is 26.2 Å². The van der Waals surface area contributed by atoms with Crippen LogP contribution in [0.3, 0.4) is 0 Å². The third kappa shape index (κ3) is 4.69. The molecule has 2 rings (SSSR count). The van der Waals surface area contributed by atoms with Crippen LogP contribution in [0.4, 0.5) is 0 Å². The van der Waals surface area contributed by atoms with Gasteiger partial charge in [0.1, 0.15) is 5.75 Å². The molecule has 140 valence electrons. The maximum Gasteiger partial charge on any atom is 0.261 e. The summed E-state index contributed by atoms with van der Waals surface area (Å²) in [6, 6.07) is 13.2. The Kier molecular flexibility index (Phi) is 6.89. The molecule has 0 radical (unpaired) electrons. The van der Waals surface area contributed by atoms with Gasteiger partial charge in [-0.1, -0.05) is 31.2 Å². The molecule has 1 amide bonds. The average molecular weight is 357 g/mol. The number of para-hydroxylation sites is 1. The van der Waals surface area contributed by atoms with Gasteiger partial charge < -0.3 is 19.5 Å². The van der Waals surface area contributed by atoms with E-state index in [1.807, 2.05) is 56.3 Å². The summed E-state index contributed by atoms with van der Waals surface area (Å²) in [6.07, 6.45) is 0.156. The number of amides is 1. The Hall–Kier alpha value is -2.69. The van der Waals surface area contributed by atoms with Gasteiger partial charge in [-0.15, -0.1) is 0 Å². The van der Waals surface area contributed by atoms with Crippen molar-refractivity contribution in [3.05, 3.63) is 53.6 Å². The molecule has 0 spiro atoms. The quantitative estimate of drug-likeness (QED) is 0.774. The van der Waals surface area contributed by atoms with Crippen LogP contribution >= 0.6 is 0 Å². The first kappa shape index (κ1) is 19.6. The summed E-state index contributed by atoms with van der Waals surface area (Å²) in [6.45, 7) is 5.73. The number of nitrogens with one attached hydrogen (secondary N) is 1. The molecular weight excluding hydrogens is 330 g/mol. The lowest BCUT2D eigenvalue weighted by Gasteiger charge is -2.22. The first-order chi connectivity index (χ1) is 12.5. The molecule has 0 fully saturated rings. The van der Waals surface area contributed by atoms with E-state index in [0.29, 0.717) is 17.2 Å². The van der Waals surface area contributed by atoms with Gasteiger partial charge in [0.2, 0.25) is 0 Å². The second kappa shape index (κ2) is 9.13. The number of aryl methyl sites for hydroxylation is 1. The van der Waals surface area contributed by atoms with Gasteiger partial charge >= 0.3 is 0 Å². The highest BCUT2D eigenvalue weighted by Crippen LogP contribution is 2.31. The lowest BCUT2D eigenvalue weighted by atomic mass is 10.0. The standard InChI is InChI=1S/C21H27NO4/c1-6-17(16-11-12-19(24-4)20(13-16)25-5)22-21(23)15(3)26-18-10-8-7-9-14(18)2/h7-13,15,17H,6H2,1-5H3,(H,22,23). The molecule has 0 bridgehead atoms. The zero-order valence-electron chi connectivity index (χ0n) is 16.0. The Morgan fingerprint density at radius 2 is 1.73 bits per heavy atom. The lowest BCUT2D eigenvalue weighted by molar-refractivity contribution is -0.128. The summed E-state index contributed by atoms with van der Waals surface area (Å²) in [5, 5.41) is 3.05. The molecule has 2 atom stereocenters. The SMILES string of the molecule is CCC(NC(=O)C(C)Oc1ccccc1C)c1ccc(OC)c(OC)c1. The molecule has 0 aromatic heterocycles. The fourth-order valence-electron chi connectivity index (χ4n) is 2.71. The van der Waals surface area contributed by atoms with Crippen LogP contribution in [0.5, 0.6) is 17.2 Å². The van der Waals surface area contributed by atoms with Crippen molar-refractivity contribution in [1.29, 1.82) is 0 Å². The van der Waals surface area contributed by atoms with Crippen molar-refractivity contribution in [2.24, 2.45) is 0 Å². The molecule has 0 saturated heterocycles. The maximum absolute atomic E-state index is 12.6. The predicted octanol–water partition coefficient (Wildman–Crippen LogP) is 4.05. The molecule has 0 heterocycles. The van der Waals surface area contributed by atoms with Crippen molar-refractivity contribution in [2.45, 2.75) is 39.3 Å². The fourth-order valence-corrected chi connectivity index (χ4v) is 2.71. The molecule has 26 heavy (non-hydrogen) atoms. The van der Waals surface area contributed by atoms with Crippen LogP contribution in [0.2, 0.25) is 0 Å². The molecule has 0 saturated carbocycles. The van der Waals surface area contributed by atoms with Gasteiger partial charge in [0, 0.05) is 0 Å². The molecule has 2 aromatic carbocycles. The smallest absolute Gasteiger partial charge is 0.261 e. The normalized spacial score (nSPS) is 12.8. The molecular formula is C21H27NO4. The van der Waals surface area contributed by atoms with Gasteiger partial charge in [0.15, 0.2) is 17.6 Å². The summed E-state index contributed by atoms with van der Waals surface area (Å²) in [4.78, 5) is 12.6. The van der Waals surface area contributed by atoms with Crippen molar-refractivity contribution >= 4 is 5.91 Å². The van der Waals surface area contributed by atoms with Crippen LogP contribution in [0.1, 0.15) is 37.4 Å². The molecule has 5 nitrogen and oxygen atoms in total. The maximum atomic E-state index is 12.6. The number of benzene rings is 2. The van der Waals surface area contributed by atoms with E-state index in [0.717, 1.165) is 17.5 Å².